The van der Waals surface area contributed by atoms with Gasteiger partial charge in [0.1, 0.15) is 12.4 Å². The van der Waals surface area contributed by atoms with Crippen molar-refractivity contribution in [3.63, 3.8) is 0 Å². The maximum Gasteiger partial charge on any atom is 0.330 e. The van der Waals surface area contributed by atoms with Crippen molar-refractivity contribution in [3.05, 3.63) is 65.2 Å². The Morgan fingerprint density at radius 1 is 1.11 bits per heavy atom. The van der Waals surface area contributed by atoms with Gasteiger partial charge in [0.15, 0.2) is 0 Å². The minimum Gasteiger partial charge on any atom is -0.496 e. The van der Waals surface area contributed by atoms with Gasteiger partial charge in [0.25, 0.3) is 5.91 Å². The first-order valence-corrected chi connectivity index (χ1v) is 8.56. The van der Waals surface area contributed by atoms with Crippen LogP contribution in [-0.2, 0) is 17.8 Å². The lowest BCUT2D eigenvalue weighted by molar-refractivity contribution is -0.168. The molecule has 0 atom stereocenters. The molecule has 4 nitrogen and oxygen atoms in total. The number of rotatable bonds is 10. The molecule has 152 valence electrons. The quantitative estimate of drug-likeness (QED) is 0.613. The third-order valence-corrected chi connectivity index (χ3v) is 3.97. The number of para-hydroxylation sites is 1. The number of hydrogen-bond donors (Lipinski definition) is 1. The second kappa shape index (κ2) is 10.1. The molecule has 1 N–H and O–H groups in total. The van der Waals surface area contributed by atoms with Crippen molar-refractivity contribution in [1.82, 2.24) is 5.32 Å². The summed E-state index contributed by atoms with van der Waals surface area (Å²) in [5.41, 5.74) is 1.86. The molecule has 0 spiro atoms. The van der Waals surface area contributed by atoms with Gasteiger partial charge in [-0.3, -0.25) is 4.79 Å². The zero-order chi connectivity index (χ0) is 20.6. The van der Waals surface area contributed by atoms with Crippen LogP contribution in [0.4, 0.5) is 17.6 Å². The second-order valence-corrected chi connectivity index (χ2v) is 6.07. The predicted octanol–water partition coefficient (Wildman–Crippen LogP) is 4.08. The third-order valence-electron chi connectivity index (χ3n) is 3.97. The number of hydrogen-bond acceptors (Lipinski definition) is 3. The highest BCUT2D eigenvalue weighted by Gasteiger charge is 2.40. The van der Waals surface area contributed by atoms with E-state index in [1.54, 1.807) is 7.11 Å². The van der Waals surface area contributed by atoms with E-state index in [0.29, 0.717) is 24.1 Å². The summed E-state index contributed by atoms with van der Waals surface area (Å²) in [5, 5.41) is 2.79. The van der Waals surface area contributed by atoms with Crippen molar-refractivity contribution in [2.45, 2.75) is 25.4 Å². The number of ether oxygens (including phenoxy) is 2. The number of alkyl halides is 4. The molecule has 1 amide bonds. The molecule has 2 rings (SSSR count). The number of methoxy groups -OCH3 is 1. The van der Waals surface area contributed by atoms with Crippen LogP contribution in [0.3, 0.4) is 0 Å². The minimum atomic E-state index is -4.18. The van der Waals surface area contributed by atoms with Crippen LogP contribution < -0.4 is 10.1 Å². The average molecular weight is 399 g/mol. The number of carbonyl (C=O) groups excluding carboxylic acids is 1. The molecular weight excluding hydrogens is 378 g/mol. The molecule has 2 aromatic carbocycles. The van der Waals surface area contributed by atoms with Crippen molar-refractivity contribution in [2.24, 2.45) is 0 Å². The molecule has 0 aliphatic rings. The van der Waals surface area contributed by atoms with Gasteiger partial charge in [0, 0.05) is 12.1 Å². The molecular formula is C20H21F4NO3. The minimum absolute atomic E-state index is 0.252. The average Bonchev–Trinajstić information content (AvgIpc) is 2.68. The summed E-state index contributed by atoms with van der Waals surface area (Å²) in [4.78, 5) is 12.2. The monoisotopic (exact) mass is 399 g/mol. The van der Waals surface area contributed by atoms with Crippen LogP contribution in [0, 0.1) is 0 Å². The fourth-order valence-electron chi connectivity index (χ4n) is 2.44. The van der Waals surface area contributed by atoms with E-state index in [0.717, 1.165) is 11.3 Å². The fraction of sp³-hybridized carbons (Fsp3) is 0.350. The first-order chi connectivity index (χ1) is 13.3. The van der Waals surface area contributed by atoms with Crippen molar-refractivity contribution in [2.75, 3.05) is 20.3 Å². The molecule has 28 heavy (non-hydrogen) atoms. The molecule has 0 bridgehead atoms. The molecule has 0 saturated heterocycles. The molecule has 0 radical (unpaired) electrons. The van der Waals surface area contributed by atoms with Crippen LogP contribution in [0.2, 0.25) is 0 Å². The van der Waals surface area contributed by atoms with Crippen LogP contribution in [-0.4, -0.2) is 38.5 Å². The highest BCUT2D eigenvalue weighted by molar-refractivity contribution is 5.94. The molecule has 0 unspecified atom stereocenters. The highest BCUT2D eigenvalue weighted by Crippen LogP contribution is 2.23. The smallest absolute Gasteiger partial charge is 0.330 e. The van der Waals surface area contributed by atoms with E-state index in [1.807, 2.05) is 24.3 Å². The first-order valence-electron chi connectivity index (χ1n) is 8.56. The van der Waals surface area contributed by atoms with Crippen LogP contribution >= 0.6 is 0 Å². The van der Waals surface area contributed by atoms with E-state index in [1.165, 1.54) is 24.3 Å². The van der Waals surface area contributed by atoms with E-state index in [9.17, 15) is 22.4 Å². The Morgan fingerprint density at radius 3 is 2.43 bits per heavy atom. The Balaban J connectivity index is 1.80. The van der Waals surface area contributed by atoms with Gasteiger partial charge in [-0.2, -0.15) is 8.78 Å². The topological polar surface area (TPSA) is 47.6 Å². The van der Waals surface area contributed by atoms with Gasteiger partial charge in [0.2, 0.25) is 0 Å². The molecule has 8 heteroatoms. The maximum absolute atomic E-state index is 12.8. The number of benzene rings is 2. The standard InChI is InChI=1S/C20H21F4NO3/c1-27-17-5-3-2-4-15(17)10-11-25-18(26)16-8-6-14(7-9-16)12-28-13-20(23,24)19(21)22/h2-9,19H,10-13H2,1H3,(H,25,26). The van der Waals surface area contributed by atoms with E-state index < -0.39 is 19.0 Å². The van der Waals surface area contributed by atoms with Gasteiger partial charge >= 0.3 is 12.3 Å². The van der Waals surface area contributed by atoms with E-state index in [2.05, 4.69) is 10.1 Å². The molecule has 2 aromatic rings. The zero-order valence-electron chi connectivity index (χ0n) is 15.3. The van der Waals surface area contributed by atoms with Crippen LogP contribution in [0.5, 0.6) is 5.75 Å². The third kappa shape index (κ3) is 6.23. The molecule has 0 heterocycles. The van der Waals surface area contributed by atoms with Gasteiger partial charge in [-0.1, -0.05) is 30.3 Å². The lowest BCUT2D eigenvalue weighted by Gasteiger charge is -2.15. The Hall–Kier alpha value is -2.61. The van der Waals surface area contributed by atoms with Crippen LogP contribution in [0.15, 0.2) is 48.5 Å². The largest absolute Gasteiger partial charge is 0.496 e. The van der Waals surface area contributed by atoms with Gasteiger partial charge < -0.3 is 14.8 Å². The highest BCUT2D eigenvalue weighted by atomic mass is 19.3. The van der Waals surface area contributed by atoms with Crippen molar-refractivity contribution < 1.29 is 31.8 Å². The Morgan fingerprint density at radius 2 is 1.79 bits per heavy atom. The SMILES string of the molecule is COc1ccccc1CCNC(=O)c1ccc(COCC(F)(F)C(F)F)cc1. The predicted molar refractivity (Wildman–Crippen MR) is 96.1 cm³/mol. The summed E-state index contributed by atoms with van der Waals surface area (Å²) in [5.74, 6) is -3.72. The van der Waals surface area contributed by atoms with Crippen molar-refractivity contribution in [1.29, 1.82) is 0 Å². The summed E-state index contributed by atoms with van der Waals surface area (Å²) in [6, 6.07) is 13.6. The van der Waals surface area contributed by atoms with Crippen molar-refractivity contribution in [3.8, 4) is 5.75 Å². The summed E-state index contributed by atoms with van der Waals surface area (Å²) >= 11 is 0. The van der Waals surface area contributed by atoms with Crippen LogP contribution in [0.25, 0.3) is 0 Å². The second-order valence-electron chi connectivity index (χ2n) is 6.07. The van der Waals surface area contributed by atoms with E-state index >= 15 is 0 Å². The van der Waals surface area contributed by atoms with Gasteiger partial charge in [0.05, 0.1) is 13.7 Å². The first kappa shape index (κ1) is 21.7. The molecule has 0 fully saturated rings. The van der Waals surface area contributed by atoms with Gasteiger partial charge in [-0.15, -0.1) is 0 Å². The van der Waals surface area contributed by atoms with E-state index in [4.69, 9.17) is 4.74 Å². The Labute approximate surface area is 160 Å². The molecule has 0 aliphatic heterocycles. The molecule has 0 aliphatic carbocycles. The Bertz CT molecular complexity index is 766. The molecule has 0 saturated carbocycles. The fourth-order valence-corrected chi connectivity index (χ4v) is 2.44. The lowest BCUT2D eigenvalue weighted by atomic mass is 10.1. The molecule has 0 aromatic heterocycles. The Kier molecular flexibility index (Phi) is 7.80. The van der Waals surface area contributed by atoms with Gasteiger partial charge in [-0.25, -0.2) is 8.78 Å². The summed E-state index contributed by atoms with van der Waals surface area (Å²) in [7, 11) is 1.58. The maximum atomic E-state index is 12.8. The summed E-state index contributed by atoms with van der Waals surface area (Å²) in [6.45, 7) is -1.21. The normalized spacial score (nSPS) is 11.5. The van der Waals surface area contributed by atoms with E-state index in [-0.39, 0.29) is 12.5 Å². The number of amides is 1. The van der Waals surface area contributed by atoms with Crippen LogP contribution in [0.1, 0.15) is 21.5 Å². The zero-order valence-corrected chi connectivity index (χ0v) is 15.3. The number of nitrogens with one attached hydrogen (secondary N) is 1. The van der Waals surface area contributed by atoms with Crippen molar-refractivity contribution >= 4 is 5.91 Å². The summed E-state index contributed by atoms with van der Waals surface area (Å²) in [6.07, 6.45) is -3.17. The van der Waals surface area contributed by atoms with Gasteiger partial charge in [-0.05, 0) is 35.7 Å². The number of carbonyl (C=O) groups is 1. The number of halogens is 4. The summed E-state index contributed by atoms with van der Waals surface area (Å²) < 4.78 is 59.5. The lowest BCUT2D eigenvalue weighted by Crippen LogP contribution is -2.32.